The Kier molecular flexibility index (Phi) is 5.48. The van der Waals surface area contributed by atoms with E-state index in [1.54, 1.807) is 0 Å². The summed E-state index contributed by atoms with van der Waals surface area (Å²) in [5.74, 6) is 0. The van der Waals surface area contributed by atoms with Crippen LogP contribution >= 0.6 is 0 Å². The molecule has 0 aromatic heterocycles. The van der Waals surface area contributed by atoms with E-state index in [1.807, 2.05) is 0 Å². The van der Waals surface area contributed by atoms with E-state index in [2.05, 4.69) is 9.31 Å². The van der Waals surface area contributed by atoms with Gasteiger partial charge in [-0.3, -0.25) is 0 Å². The molecule has 0 aliphatic heterocycles. The van der Waals surface area contributed by atoms with Crippen molar-refractivity contribution in [3.63, 3.8) is 0 Å². The smallest absolute Gasteiger partial charge is 0.402 e. The first kappa shape index (κ1) is 15.8. The molecule has 0 amide bonds. The van der Waals surface area contributed by atoms with Crippen molar-refractivity contribution in [1.29, 1.82) is 0 Å². The molecule has 0 heterocycles. The molecule has 104 valence electrons. The van der Waals surface area contributed by atoms with E-state index in [9.17, 15) is 20.4 Å². The molecule has 8 N–H and O–H groups in total. The Balaban J connectivity index is 2.90. The summed E-state index contributed by atoms with van der Waals surface area (Å²) in [4.78, 5) is 0. The Morgan fingerprint density at radius 2 is 0.833 bits per heavy atom. The maximum Gasteiger partial charge on any atom is 0.634 e. The normalized spacial score (nSPS) is 40.7. The lowest BCUT2D eigenvalue weighted by molar-refractivity contribution is -0.220. The van der Waals surface area contributed by atoms with E-state index < -0.39 is 51.3 Å². The Bertz CT molecular complexity index is 239. The highest BCUT2D eigenvalue weighted by atomic mass is 16.7. The molecule has 1 aliphatic rings. The van der Waals surface area contributed by atoms with Gasteiger partial charge in [-0.1, -0.05) is 0 Å². The SMILES string of the molecule is OB(O)OC1C(O)C(O)C(O)C(O)C1OB(O)O. The molecule has 1 rings (SSSR count). The van der Waals surface area contributed by atoms with Gasteiger partial charge in [0.2, 0.25) is 0 Å². The van der Waals surface area contributed by atoms with E-state index in [4.69, 9.17) is 20.1 Å². The average Bonchev–Trinajstić information content (AvgIpc) is 2.27. The molecule has 0 saturated heterocycles. The van der Waals surface area contributed by atoms with Crippen LogP contribution in [0.25, 0.3) is 0 Å². The number of rotatable bonds is 4. The first-order valence-electron chi connectivity index (χ1n) is 5.01. The fourth-order valence-corrected chi connectivity index (χ4v) is 1.78. The van der Waals surface area contributed by atoms with Gasteiger partial charge in [0.05, 0.1) is 0 Å². The number of aliphatic hydroxyl groups is 4. The first-order chi connectivity index (χ1) is 8.25. The van der Waals surface area contributed by atoms with E-state index in [0.29, 0.717) is 0 Å². The maximum absolute atomic E-state index is 9.55. The molecule has 1 aliphatic carbocycles. The van der Waals surface area contributed by atoms with E-state index in [0.717, 1.165) is 0 Å². The van der Waals surface area contributed by atoms with Gasteiger partial charge in [0.1, 0.15) is 36.6 Å². The zero-order chi connectivity index (χ0) is 14.0. The van der Waals surface area contributed by atoms with Crippen LogP contribution in [-0.4, -0.2) is 91.8 Å². The maximum atomic E-state index is 9.55. The minimum absolute atomic E-state index is 1.69. The first-order valence-corrected chi connectivity index (χ1v) is 5.01. The molecule has 0 bridgehead atoms. The van der Waals surface area contributed by atoms with Crippen molar-refractivity contribution in [3.05, 3.63) is 0 Å². The average molecular weight is 268 g/mol. The van der Waals surface area contributed by atoms with Gasteiger partial charge in [0.25, 0.3) is 0 Å². The lowest BCUT2D eigenvalue weighted by atomic mass is 9.83. The van der Waals surface area contributed by atoms with Crippen molar-refractivity contribution in [3.8, 4) is 0 Å². The van der Waals surface area contributed by atoms with Crippen LogP contribution in [0.3, 0.4) is 0 Å². The summed E-state index contributed by atoms with van der Waals surface area (Å²) in [6.45, 7) is 0. The number of hydrogen-bond donors (Lipinski definition) is 8. The predicted octanol–water partition coefficient (Wildman–Crippen LogP) is -5.85. The molecular formula is C6H14B2O10. The standard InChI is InChI=1S/C6H14B2O10/c9-1-2(10)4(12)6(18-8(15)16)5(3(1)11)17-7(13)14/h1-6,9-16H. The van der Waals surface area contributed by atoms with Gasteiger partial charge in [-0.2, -0.15) is 0 Å². The molecule has 12 heteroatoms. The van der Waals surface area contributed by atoms with Crippen molar-refractivity contribution in [2.24, 2.45) is 0 Å². The molecule has 1 fully saturated rings. The Morgan fingerprint density at radius 3 is 1.06 bits per heavy atom. The molecule has 0 spiro atoms. The molecule has 0 aromatic carbocycles. The summed E-state index contributed by atoms with van der Waals surface area (Å²) in [6, 6.07) is 0. The molecule has 18 heavy (non-hydrogen) atoms. The molecule has 10 nitrogen and oxygen atoms in total. The van der Waals surface area contributed by atoms with Crippen LogP contribution in [0.5, 0.6) is 0 Å². The summed E-state index contributed by atoms with van der Waals surface area (Å²) in [5, 5.41) is 72.3. The fourth-order valence-electron chi connectivity index (χ4n) is 1.78. The second-order valence-electron chi connectivity index (χ2n) is 3.82. The zero-order valence-electron chi connectivity index (χ0n) is 9.01. The highest BCUT2D eigenvalue weighted by Crippen LogP contribution is 2.26. The van der Waals surface area contributed by atoms with Gasteiger partial charge in [0.15, 0.2) is 0 Å². The van der Waals surface area contributed by atoms with Gasteiger partial charge in [-0.15, -0.1) is 0 Å². The molecule has 6 atom stereocenters. The highest BCUT2D eigenvalue weighted by Gasteiger charge is 2.51. The third-order valence-corrected chi connectivity index (χ3v) is 2.60. The van der Waals surface area contributed by atoms with Crippen LogP contribution in [0.4, 0.5) is 0 Å². The fraction of sp³-hybridized carbons (Fsp3) is 1.00. The molecular weight excluding hydrogens is 254 g/mol. The molecule has 0 radical (unpaired) electrons. The van der Waals surface area contributed by atoms with Crippen molar-refractivity contribution in [2.75, 3.05) is 0 Å². The van der Waals surface area contributed by atoms with E-state index >= 15 is 0 Å². The summed E-state index contributed by atoms with van der Waals surface area (Å²) >= 11 is 0. The van der Waals surface area contributed by atoms with Crippen LogP contribution in [0, 0.1) is 0 Å². The van der Waals surface area contributed by atoms with Gasteiger partial charge in [-0.05, 0) is 0 Å². The monoisotopic (exact) mass is 268 g/mol. The van der Waals surface area contributed by atoms with E-state index in [-0.39, 0.29) is 0 Å². The van der Waals surface area contributed by atoms with Crippen molar-refractivity contribution in [1.82, 2.24) is 0 Å². The van der Waals surface area contributed by atoms with Crippen molar-refractivity contribution < 1.29 is 49.8 Å². The highest BCUT2D eigenvalue weighted by molar-refractivity contribution is 6.33. The number of aliphatic hydroxyl groups excluding tert-OH is 4. The summed E-state index contributed by atoms with van der Waals surface area (Å²) in [6.07, 6.45) is -10.7. The lowest BCUT2D eigenvalue weighted by Gasteiger charge is -2.43. The quantitative estimate of drug-likeness (QED) is 0.229. The van der Waals surface area contributed by atoms with Gasteiger partial charge in [0, 0.05) is 0 Å². The lowest BCUT2D eigenvalue weighted by Crippen LogP contribution is -2.66. The second-order valence-corrected chi connectivity index (χ2v) is 3.82. The molecule has 1 saturated carbocycles. The Morgan fingerprint density at radius 1 is 0.556 bits per heavy atom. The summed E-state index contributed by atoms with van der Waals surface area (Å²) in [7, 11) is -4.72. The molecule has 0 aromatic rings. The van der Waals surface area contributed by atoms with Gasteiger partial charge >= 0.3 is 14.6 Å². The Hall–Kier alpha value is -0.270. The third-order valence-electron chi connectivity index (χ3n) is 2.60. The third kappa shape index (κ3) is 3.39. The topological polar surface area (TPSA) is 180 Å². The van der Waals surface area contributed by atoms with Crippen LogP contribution in [0.1, 0.15) is 0 Å². The van der Waals surface area contributed by atoms with E-state index in [1.165, 1.54) is 0 Å². The molecule has 6 unspecified atom stereocenters. The largest absolute Gasteiger partial charge is 0.634 e. The van der Waals surface area contributed by atoms with Crippen molar-refractivity contribution >= 4 is 14.6 Å². The number of hydrogen-bond acceptors (Lipinski definition) is 10. The van der Waals surface area contributed by atoms with Gasteiger partial charge in [-0.25, -0.2) is 0 Å². The van der Waals surface area contributed by atoms with Crippen LogP contribution in [0.15, 0.2) is 0 Å². The van der Waals surface area contributed by atoms with Gasteiger partial charge < -0.3 is 49.8 Å². The predicted molar refractivity (Wildman–Crippen MR) is 54.2 cm³/mol. The Labute approximate surface area is 102 Å². The van der Waals surface area contributed by atoms with Crippen LogP contribution in [0.2, 0.25) is 0 Å². The summed E-state index contributed by atoms with van der Waals surface area (Å²) in [5.41, 5.74) is 0. The zero-order valence-corrected chi connectivity index (χ0v) is 9.01. The van der Waals surface area contributed by atoms with Crippen molar-refractivity contribution in [2.45, 2.75) is 36.6 Å². The second kappa shape index (κ2) is 6.25. The van der Waals surface area contributed by atoms with Crippen LogP contribution < -0.4 is 0 Å². The van der Waals surface area contributed by atoms with Crippen LogP contribution in [-0.2, 0) is 9.31 Å². The summed E-state index contributed by atoms with van der Waals surface area (Å²) < 4.78 is 8.78. The minimum atomic E-state index is -2.36. The minimum Gasteiger partial charge on any atom is -0.402 e.